The summed E-state index contributed by atoms with van der Waals surface area (Å²) >= 11 is 1.81. The summed E-state index contributed by atoms with van der Waals surface area (Å²) in [6.45, 7) is 0. The number of alkyl halides is 3. The van der Waals surface area contributed by atoms with Crippen molar-refractivity contribution in [3.05, 3.63) is 29.3 Å². The highest BCUT2D eigenvalue weighted by atomic mass is 79.9. The van der Waals surface area contributed by atoms with Crippen molar-refractivity contribution in [3.63, 3.8) is 0 Å². The third-order valence-electron chi connectivity index (χ3n) is 1.71. The van der Waals surface area contributed by atoms with Gasteiger partial charge in [-0.3, -0.25) is 4.79 Å². The zero-order valence-corrected chi connectivity index (χ0v) is 9.45. The van der Waals surface area contributed by atoms with Gasteiger partial charge < -0.3 is 4.74 Å². The van der Waals surface area contributed by atoms with Gasteiger partial charge in [0.05, 0.1) is 12.7 Å². The van der Waals surface area contributed by atoms with Crippen LogP contribution in [-0.4, -0.2) is 17.7 Å². The normalized spacial score (nSPS) is 11.4. The molecular weight excluding hydrogens is 296 g/mol. The Morgan fingerprint density at radius 2 is 1.94 bits per heavy atom. The Labute approximate surface area is 96.3 Å². The van der Waals surface area contributed by atoms with Crippen LogP contribution in [0.5, 0.6) is 5.75 Å². The zero-order chi connectivity index (χ0) is 12.5. The fourth-order valence-corrected chi connectivity index (χ4v) is 1.30. The molecule has 2 nitrogen and oxygen atoms in total. The molecule has 0 aliphatic heterocycles. The van der Waals surface area contributed by atoms with Crippen molar-refractivity contribution in [2.45, 2.75) is 4.83 Å². The van der Waals surface area contributed by atoms with Gasteiger partial charge in [-0.25, -0.2) is 8.78 Å². The Kier molecular flexibility index (Phi) is 3.57. The van der Waals surface area contributed by atoms with E-state index in [0.29, 0.717) is 12.1 Å². The van der Waals surface area contributed by atoms with Gasteiger partial charge in [-0.2, -0.15) is 8.78 Å². The Balaban J connectivity index is 3.38. The van der Waals surface area contributed by atoms with E-state index in [1.54, 1.807) is 0 Å². The molecule has 0 radical (unpaired) electrons. The third kappa shape index (κ3) is 2.52. The second-order valence-electron chi connectivity index (χ2n) is 2.80. The van der Waals surface area contributed by atoms with Crippen LogP contribution in [0.25, 0.3) is 0 Å². The number of Topliss-reactive ketones (excluding diaryl/α,β-unsaturated/α-hetero) is 1. The molecule has 1 aromatic carbocycles. The fourth-order valence-electron chi connectivity index (χ4n) is 1.09. The highest BCUT2D eigenvalue weighted by Gasteiger charge is 2.38. The molecule has 0 N–H and O–H groups in total. The first-order chi connectivity index (χ1) is 7.27. The largest absolute Gasteiger partial charge is 0.493 e. The predicted molar refractivity (Wildman–Crippen MR) is 51.1 cm³/mol. The van der Waals surface area contributed by atoms with E-state index in [1.807, 2.05) is 15.9 Å². The first kappa shape index (κ1) is 13.0. The van der Waals surface area contributed by atoms with Crippen LogP contribution in [0, 0.1) is 11.6 Å². The van der Waals surface area contributed by atoms with Gasteiger partial charge in [0.1, 0.15) is 5.82 Å². The van der Waals surface area contributed by atoms with Crippen LogP contribution >= 0.6 is 15.9 Å². The van der Waals surface area contributed by atoms with E-state index in [1.165, 1.54) is 0 Å². The molecule has 0 spiro atoms. The molecule has 0 heterocycles. The number of ether oxygens (including phenoxy) is 1. The predicted octanol–water partition coefficient (Wildman–Crippen LogP) is 3.14. The topological polar surface area (TPSA) is 26.3 Å². The van der Waals surface area contributed by atoms with E-state index in [9.17, 15) is 22.4 Å². The van der Waals surface area contributed by atoms with E-state index in [0.717, 1.165) is 7.11 Å². The molecule has 0 amide bonds. The Morgan fingerprint density at radius 1 is 1.38 bits per heavy atom. The van der Waals surface area contributed by atoms with Crippen LogP contribution in [0.1, 0.15) is 10.4 Å². The SMILES string of the molecule is COc1c(F)cc(F)cc1C(=O)C(F)(F)Br. The number of carbonyl (C=O) groups excluding carboxylic acids is 1. The lowest BCUT2D eigenvalue weighted by Crippen LogP contribution is -2.22. The maximum Gasteiger partial charge on any atom is 0.363 e. The second-order valence-corrected chi connectivity index (χ2v) is 3.79. The number of benzene rings is 1. The maximum absolute atomic E-state index is 13.1. The first-order valence-electron chi connectivity index (χ1n) is 3.92. The highest BCUT2D eigenvalue weighted by Crippen LogP contribution is 2.32. The summed E-state index contributed by atoms with van der Waals surface area (Å²) in [6.07, 6.45) is 0. The Hall–Kier alpha value is -1.11. The second kappa shape index (κ2) is 4.40. The van der Waals surface area contributed by atoms with E-state index in [4.69, 9.17) is 0 Å². The molecule has 0 unspecified atom stereocenters. The molecule has 7 heteroatoms. The molecule has 1 aromatic rings. The van der Waals surface area contributed by atoms with Gasteiger partial charge in [0, 0.05) is 6.07 Å². The minimum atomic E-state index is -3.90. The van der Waals surface area contributed by atoms with Crippen LogP contribution in [0.4, 0.5) is 17.6 Å². The number of halogens is 5. The lowest BCUT2D eigenvalue weighted by molar-refractivity contribution is 0.0588. The van der Waals surface area contributed by atoms with Crippen molar-refractivity contribution in [1.82, 2.24) is 0 Å². The zero-order valence-electron chi connectivity index (χ0n) is 7.86. The summed E-state index contributed by atoms with van der Waals surface area (Å²) in [4.78, 5) is 7.24. The molecule has 88 valence electrons. The number of hydrogen-bond donors (Lipinski definition) is 0. The summed E-state index contributed by atoms with van der Waals surface area (Å²) in [7, 11) is 0.986. The van der Waals surface area contributed by atoms with Gasteiger partial charge in [0.25, 0.3) is 0 Å². The molecule has 0 bridgehead atoms. The van der Waals surface area contributed by atoms with Gasteiger partial charge in [-0.1, -0.05) is 0 Å². The molecule has 0 saturated carbocycles. The lowest BCUT2D eigenvalue weighted by atomic mass is 10.1. The van der Waals surface area contributed by atoms with Crippen molar-refractivity contribution >= 4 is 21.7 Å². The minimum Gasteiger partial charge on any atom is -0.493 e. The van der Waals surface area contributed by atoms with Crippen LogP contribution in [0.3, 0.4) is 0 Å². The molecule has 0 aromatic heterocycles. The monoisotopic (exact) mass is 300 g/mol. The smallest absolute Gasteiger partial charge is 0.363 e. The molecule has 1 rings (SSSR count). The van der Waals surface area contributed by atoms with Crippen LogP contribution in [0.15, 0.2) is 12.1 Å². The summed E-state index contributed by atoms with van der Waals surface area (Å²) in [6, 6.07) is 0.918. The van der Waals surface area contributed by atoms with Crippen molar-refractivity contribution in [3.8, 4) is 5.75 Å². The summed E-state index contributed by atoms with van der Waals surface area (Å²) in [5, 5.41) is 0. The maximum atomic E-state index is 13.1. The molecule has 0 aliphatic rings. The molecule has 16 heavy (non-hydrogen) atoms. The number of methoxy groups -OCH3 is 1. The minimum absolute atomic E-state index is 0.433. The Morgan fingerprint density at radius 3 is 2.38 bits per heavy atom. The number of ketones is 1. The van der Waals surface area contributed by atoms with Crippen LogP contribution in [0.2, 0.25) is 0 Å². The van der Waals surface area contributed by atoms with Crippen LogP contribution < -0.4 is 4.74 Å². The average Bonchev–Trinajstić information content (AvgIpc) is 2.14. The van der Waals surface area contributed by atoms with Gasteiger partial charge in [0.15, 0.2) is 11.6 Å². The summed E-state index contributed by atoms with van der Waals surface area (Å²) in [5.74, 6) is -4.85. The third-order valence-corrected chi connectivity index (χ3v) is 2.07. The van der Waals surface area contributed by atoms with E-state index in [2.05, 4.69) is 4.74 Å². The standard InChI is InChI=1S/C9H5BrF4O2/c1-16-7-5(8(15)9(10,13)14)2-4(11)3-6(7)12/h2-3H,1H3. The number of rotatable bonds is 3. The quantitative estimate of drug-likeness (QED) is 0.487. The molecule has 0 saturated heterocycles. The number of hydrogen-bond acceptors (Lipinski definition) is 2. The van der Waals surface area contributed by atoms with Crippen LogP contribution in [-0.2, 0) is 0 Å². The lowest BCUT2D eigenvalue weighted by Gasteiger charge is -2.11. The van der Waals surface area contributed by atoms with Crippen molar-refractivity contribution in [2.75, 3.05) is 7.11 Å². The van der Waals surface area contributed by atoms with Gasteiger partial charge in [-0.15, -0.1) is 0 Å². The summed E-state index contributed by atoms with van der Waals surface area (Å²) < 4.78 is 55.6. The van der Waals surface area contributed by atoms with E-state index >= 15 is 0 Å². The fraction of sp³-hybridized carbons (Fsp3) is 0.222. The van der Waals surface area contributed by atoms with E-state index < -0.39 is 33.6 Å². The average molecular weight is 301 g/mol. The van der Waals surface area contributed by atoms with Gasteiger partial charge in [-0.05, 0) is 22.0 Å². The highest BCUT2D eigenvalue weighted by molar-refractivity contribution is 9.10. The molecular formula is C9H5BrF4O2. The van der Waals surface area contributed by atoms with Gasteiger partial charge >= 0.3 is 4.83 Å². The van der Waals surface area contributed by atoms with E-state index in [-0.39, 0.29) is 0 Å². The molecule has 0 fully saturated rings. The molecule has 0 atom stereocenters. The molecule has 0 aliphatic carbocycles. The van der Waals surface area contributed by atoms with Crippen molar-refractivity contribution < 1.29 is 27.1 Å². The van der Waals surface area contributed by atoms with Crippen molar-refractivity contribution in [2.24, 2.45) is 0 Å². The summed E-state index contributed by atoms with van der Waals surface area (Å²) in [5.41, 5.74) is -0.859. The van der Waals surface area contributed by atoms with Crippen molar-refractivity contribution in [1.29, 1.82) is 0 Å². The Bertz CT molecular complexity index is 428. The van der Waals surface area contributed by atoms with Gasteiger partial charge in [0.2, 0.25) is 5.78 Å². The number of carbonyl (C=O) groups is 1. The first-order valence-corrected chi connectivity index (χ1v) is 4.71.